The van der Waals surface area contributed by atoms with Gasteiger partial charge in [0, 0.05) is 16.5 Å². The third-order valence-corrected chi connectivity index (χ3v) is 3.94. The van der Waals surface area contributed by atoms with Gasteiger partial charge in [0.1, 0.15) is 0 Å². The van der Waals surface area contributed by atoms with Gasteiger partial charge in [0.15, 0.2) is 5.75 Å². The van der Waals surface area contributed by atoms with Crippen molar-refractivity contribution in [3.05, 3.63) is 83.0 Å². The van der Waals surface area contributed by atoms with E-state index in [4.69, 9.17) is 4.98 Å². The molecule has 2 N–H and O–H groups in total. The van der Waals surface area contributed by atoms with Crippen LogP contribution in [0.15, 0.2) is 77.6 Å². The van der Waals surface area contributed by atoms with E-state index in [1.165, 1.54) is 12.1 Å². The Hall–Kier alpha value is -3.11. The molecule has 4 rings (SSSR count). The van der Waals surface area contributed by atoms with E-state index in [0.717, 1.165) is 27.5 Å². The van der Waals surface area contributed by atoms with E-state index in [9.17, 15) is 9.90 Å². The van der Waals surface area contributed by atoms with Crippen LogP contribution in [0.1, 0.15) is 0 Å². The van der Waals surface area contributed by atoms with Crippen LogP contribution in [-0.4, -0.2) is 10.1 Å². The summed E-state index contributed by atoms with van der Waals surface area (Å²) >= 11 is 0. The van der Waals surface area contributed by atoms with Crippen molar-refractivity contribution in [3.8, 4) is 5.75 Å². The number of pyridine rings is 1. The molecule has 0 aliphatic carbocycles. The van der Waals surface area contributed by atoms with E-state index in [1.54, 1.807) is 12.1 Å². The molecule has 1 aromatic heterocycles. The molecule has 0 aliphatic heterocycles. The van der Waals surface area contributed by atoms with Crippen molar-refractivity contribution in [2.45, 2.75) is 0 Å². The molecule has 1 heterocycles. The molecule has 4 nitrogen and oxygen atoms in total. The van der Waals surface area contributed by atoms with Gasteiger partial charge >= 0.3 is 0 Å². The predicted octanol–water partition coefficient (Wildman–Crippen LogP) is 4.62. The predicted molar refractivity (Wildman–Crippen MR) is 104 cm³/mol. The van der Waals surface area contributed by atoms with E-state index in [1.807, 2.05) is 48.5 Å². The van der Waals surface area contributed by atoms with Gasteiger partial charge in [0.05, 0.1) is 16.7 Å². The van der Waals surface area contributed by atoms with Crippen molar-refractivity contribution in [1.29, 1.82) is 0 Å². The van der Waals surface area contributed by atoms with Crippen LogP contribution in [0.2, 0.25) is 0 Å². The summed E-state index contributed by atoms with van der Waals surface area (Å²) in [4.78, 5) is 16.3. The maximum Gasteiger partial charge on any atom is 0.220 e. The van der Waals surface area contributed by atoms with Crippen LogP contribution in [0, 0.1) is 0 Å². The summed E-state index contributed by atoms with van der Waals surface area (Å²) in [5.41, 5.74) is 3.02. The third kappa shape index (κ3) is 3.12. The van der Waals surface area contributed by atoms with Gasteiger partial charge in [-0.15, -0.1) is 12.4 Å². The van der Waals surface area contributed by atoms with Gasteiger partial charge in [-0.05, 0) is 36.4 Å². The number of fused-ring (bicyclic) bond motifs is 2. The number of benzene rings is 2. The van der Waals surface area contributed by atoms with E-state index in [0.29, 0.717) is 5.69 Å². The number of nitrogens with zero attached hydrogens (tertiary/aromatic N) is 1. The minimum atomic E-state index is -0.410. The number of hydrogen-bond acceptors (Lipinski definition) is 4. The van der Waals surface area contributed by atoms with Gasteiger partial charge in [0.25, 0.3) is 0 Å². The molecule has 0 unspecified atom stereocenters. The topological polar surface area (TPSA) is 62.2 Å². The Labute approximate surface area is 150 Å². The molecule has 124 valence electrons. The highest BCUT2D eigenvalue weighted by Crippen LogP contribution is 2.32. The van der Waals surface area contributed by atoms with Gasteiger partial charge in [-0.1, -0.05) is 36.4 Å². The zero-order chi connectivity index (χ0) is 16.5. The summed E-state index contributed by atoms with van der Waals surface area (Å²) in [6.07, 6.45) is 0. The fourth-order valence-electron chi connectivity index (χ4n) is 2.76. The van der Waals surface area contributed by atoms with Gasteiger partial charge in [-0.2, -0.15) is 0 Å². The first-order chi connectivity index (χ1) is 11.7. The summed E-state index contributed by atoms with van der Waals surface area (Å²) in [5.74, 6) is -0.271. The minimum absolute atomic E-state index is 0. The summed E-state index contributed by atoms with van der Waals surface area (Å²) in [7, 11) is 0. The van der Waals surface area contributed by atoms with Crippen molar-refractivity contribution in [2.75, 3.05) is 5.32 Å². The molecule has 0 saturated carbocycles. The summed E-state index contributed by atoms with van der Waals surface area (Å²) in [6.45, 7) is 0. The first-order valence-electron chi connectivity index (χ1n) is 7.60. The second kappa shape index (κ2) is 6.79. The number of nitrogens with one attached hydrogen (secondary N) is 1. The van der Waals surface area contributed by atoms with E-state index in [2.05, 4.69) is 5.32 Å². The van der Waals surface area contributed by atoms with Crippen LogP contribution in [0.25, 0.3) is 21.8 Å². The zero-order valence-electron chi connectivity index (χ0n) is 13.1. The summed E-state index contributed by atoms with van der Waals surface area (Å²) < 4.78 is 0. The average molecular weight is 351 g/mol. The number of hydrogen-bond donors (Lipinski definition) is 2. The van der Waals surface area contributed by atoms with Crippen LogP contribution in [0.4, 0.5) is 11.4 Å². The van der Waals surface area contributed by atoms with Crippen LogP contribution in [0.5, 0.6) is 5.75 Å². The van der Waals surface area contributed by atoms with Crippen molar-refractivity contribution in [2.24, 2.45) is 0 Å². The van der Waals surface area contributed by atoms with Crippen LogP contribution in [-0.2, 0) is 0 Å². The molecule has 25 heavy (non-hydrogen) atoms. The van der Waals surface area contributed by atoms with Crippen LogP contribution < -0.4 is 10.7 Å². The Morgan fingerprint density at radius 1 is 0.760 bits per heavy atom. The molecule has 0 bridgehead atoms. The number of aromatic hydroxyl groups is 1. The van der Waals surface area contributed by atoms with Gasteiger partial charge in [0.2, 0.25) is 5.43 Å². The molecule has 0 atom stereocenters. The van der Waals surface area contributed by atoms with Gasteiger partial charge in [-0.3, -0.25) is 4.79 Å². The lowest BCUT2D eigenvalue weighted by atomic mass is 10.1. The SMILES string of the molecule is Cl.O=c1ccc(Nc2c3ccccc3nc3ccccc23)ccc1O. The zero-order valence-corrected chi connectivity index (χ0v) is 14.0. The smallest absolute Gasteiger partial charge is 0.220 e. The van der Waals surface area contributed by atoms with Crippen molar-refractivity contribution in [3.63, 3.8) is 0 Å². The molecule has 3 aromatic carbocycles. The van der Waals surface area contributed by atoms with Crippen molar-refractivity contribution in [1.82, 2.24) is 4.98 Å². The number of rotatable bonds is 2. The Kier molecular flexibility index (Phi) is 4.55. The molecule has 0 amide bonds. The van der Waals surface area contributed by atoms with Gasteiger partial charge in [-0.25, -0.2) is 4.98 Å². The molecular formula is C20H15ClN2O2. The quantitative estimate of drug-likeness (QED) is 0.518. The maximum atomic E-state index is 11.6. The Balaban J connectivity index is 0.00000182. The number of aromatic nitrogens is 1. The monoisotopic (exact) mass is 350 g/mol. The number of anilines is 2. The van der Waals surface area contributed by atoms with Crippen LogP contribution >= 0.6 is 12.4 Å². The molecule has 0 spiro atoms. The highest BCUT2D eigenvalue weighted by Gasteiger charge is 2.08. The molecule has 5 heteroatoms. The van der Waals surface area contributed by atoms with E-state index >= 15 is 0 Å². The number of para-hydroxylation sites is 2. The molecule has 0 saturated heterocycles. The number of halogens is 1. The average Bonchev–Trinajstić information content (AvgIpc) is 2.77. The second-order valence-corrected chi connectivity index (χ2v) is 5.52. The standard InChI is InChI=1S/C20H14N2O2.ClH/c23-18-11-9-13(10-12-19(18)24)21-20-14-5-1-3-7-16(14)22-17-8-4-2-6-15(17)20;/h1-12H,(H,21,22)(H,23,24);1H. The molecule has 0 aliphatic rings. The lowest BCUT2D eigenvalue weighted by Crippen LogP contribution is -1.94. The van der Waals surface area contributed by atoms with E-state index in [-0.39, 0.29) is 18.2 Å². The largest absolute Gasteiger partial charge is 0.504 e. The molecular weight excluding hydrogens is 336 g/mol. The first-order valence-corrected chi connectivity index (χ1v) is 7.60. The lowest BCUT2D eigenvalue weighted by molar-refractivity contribution is 0.471. The fourth-order valence-corrected chi connectivity index (χ4v) is 2.76. The van der Waals surface area contributed by atoms with Gasteiger partial charge < -0.3 is 10.4 Å². The van der Waals surface area contributed by atoms with Crippen molar-refractivity contribution >= 4 is 45.6 Å². The first kappa shape index (κ1) is 16.7. The Morgan fingerprint density at radius 2 is 1.32 bits per heavy atom. The minimum Gasteiger partial charge on any atom is -0.504 e. The van der Waals surface area contributed by atoms with Crippen LogP contribution in [0.3, 0.4) is 0 Å². The second-order valence-electron chi connectivity index (χ2n) is 5.52. The third-order valence-electron chi connectivity index (χ3n) is 3.94. The molecule has 0 radical (unpaired) electrons. The maximum absolute atomic E-state index is 11.6. The molecule has 4 aromatic rings. The summed E-state index contributed by atoms with van der Waals surface area (Å²) in [6, 6.07) is 21.9. The highest BCUT2D eigenvalue weighted by atomic mass is 35.5. The Bertz CT molecular complexity index is 1080. The lowest BCUT2D eigenvalue weighted by Gasteiger charge is -2.12. The Morgan fingerprint density at radius 3 is 1.96 bits per heavy atom. The molecule has 0 fully saturated rings. The normalized spacial score (nSPS) is 10.4. The fraction of sp³-hybridized carbons (Fsp3) is 0. The van der Waals surface area contributed by atoms with Crippen molar-refractivity contribution < 1.29 is 5.11 Å². The summed E-state index contributed by atoms with van der Waals surface area (Å²) in [5, 5.41) is 14.9. The highest BCUT2D eigenvalue weighted by molar-refractivity contribution is 6.08. The van der Waals surface area contributed by atoms with E-state index < -0.39 is 5.43 Å².